The smallest absolute Gasteiger partial charge is 0.229 e. The van der Waals surface area contributed by atoms with Crippen LogP contribution in [0.4, 0.5) is 0 Å². The summed E-state index contributed by atoms with van der Waals surface area (Å²) in [7, 11) is 2.13. The molecule has 1 atom stereocenters. The second-order valence-corrected chi connectivity index (χ2v) is 8.02. The fraction of sp³-hybridized carbons (Fsp3) is 0.944. The van der Waals surface area contributed by atoms with Crippen LogP contribution in [0.5, 0.6) is 0 Å². The zero-order chi connectivity index (χ0) is 15.6. The van der Waals surface area contributed by atoms with Crippen LogP contribution in [0.3, 0.4) is 0 Å². The summed E-state index contributed by atoms with van der Waals surface area (Å²) in [5, 5.41) is 0. The summed E-state index contributed by atoms with van der Waals surface area (Å²) in [4.78, 5) is 20.1. The van der Waals surface area contributed by atoms with E-state index >= 15 is 0 Å². The molecule has 0 unspecified atom stereocenters. The van der Waals surface area contributed by atoms with Gasteiger partial charge in [-0.3, -0.25) is 9.69 Å². The molecule has 126 valence electrons. The maximum Gasteiger partial charge on any atom is 0.229 e. The van der Waals surface area contributed by atoms with Crippen molar-refractivity contribution in [1.29, 1.82) is 0 Å². The summed E-state index contributed by atoms with van der Waals surface area (Å²) in [6.45, 7) is 8.32. The van der Waals surface area contributed by atoms with Gasteiger partial charge in [0.1, 0.15) is 0 Å². The van der Waals surface area contributed by atoms with Crippen LogP contribution in [-0.2, 0) is 4.79 Å². The SMILES string of the molecule is CN1CC[C@](C)(C(=O)N2CCCN(C3CCCCC3)CC2)C1. The third kappa shape index (κ3) is 3.48. The molecule has 1 saturated carbocycles. The molecule has 2 saturated heterocycles. The minimum absolute atomic E-state index is 0.144. The standard InChI is InChI=1S/C18H33N3O/c1-18(9-12-19(2)15-18)17(22)21-11-6-10-20(13-14-21)16-7-4-3-5-8-16/h16H,3-15H2,1-2H3/t18-/m0/s1. The van der Waals surface area contributed by atoms with Gasteiger partial charge in [0.25, 0.3) is 0 Å². The van der Waals surface area contributed by atoms with E-state index in [0.717, 1.165) is 51.6 Å². The molecule has 0 aromatic rings. The summed E-state index contributed by atoms with van der Waals surface area (Å²) < 4.78 is 0. The molecule has 3 aliphatic rings. The van der Waals surface area contributed by atoms with E-state index in [1.54, 1.807) is 0 Å². The van der Waals surface area contributed by atoms with Crippen molar-refractivity contribution in [1.82, 2.24) is 14.7 Å². The van der Waals surface area contributed by atoms with Gasteiger partial charge in [0.05, 0.1) is 5.41 Å². The average Bonchev–Trinajstić information content (AvgIpc) is 2.76. The molecule has 0 radical (unpaired) electrons. The third-order valence-electron chi connectivity index (χ3n) is 6.09. The van der Waals surface area contributed by atoms with Gasteiger partial charge < -0.3 is 9.80 Å². The molecule has 3 rings (SSSR count). The Hall–Kier alpha value is -0.610. The van der Waals surface area contributed by atoms with E-state index in [4.69, 9.17) is 0 Å². The Balaban J connectivity index is 1.56. The van der Waals surface area contributed by atoms with Gasteiger partial charge in [-0.1, -0.05) is 19.3 Å². The molecule has 1 aliphatic carbocycles. The normalized spacial score (nSPS) is 33.1. The average molecular weight is 307 g/mol. The van der Waals surface area contributed by atoms with Gasteiger partial charge in [-0.2, -0.15) is 0 Å². The molecule has 0 bridgehead atoms. The van der Waals surface area contributed by atoms with Crippen molar-refractivity contribution in [3.8, 4) is 0 Å². The highest BCUT2D eigenvalue weighted by Crippen LogP contribution is 2.32. The highest BCUT2D eigenvalue weighted by Gasteiger charge is 2.41. The fourth-order valence-electron chi connectivity index (χ4n) is 4.70. The van der Waals surface area contributed by atoms with Crippen molar-refractivity contribution in [3.63, 3.8) is 0 Å². The van der Waals surface area contributed by atoms with Crippen LogP contribution in [0.25, 0.3) is 0 Å². The number of hydrogen-bond acceptors (Lipinski definition) is 3. The molecule has 2 aliphatic heterocycles. The number of hydrogen-bond donors (Lipinski definition) is 0. The van der Waals surface area contributed by atoms with Crippen molar-refractivity contribution >= 4 is 5.91 Å². The van der Waals surface area contributed by atoms with Gasteiger partial charge in [-0.25, -0.2) is 0 Å². The minimum atomic E-state index is -0.144. The fourth-order valence-corrected chi connectivity index (χ4v) is 4.70. The first-order valence-corrected chi connectivity index (χ1v) is 9.30. The van der Waals surface area contributed by atoms with Crippen molar-refractivity contribution in [3.05, 3.63) is 0 Å². The van der Waals surface area contributed by atoms with Crippen LogP contribution in [-0.4, -0.2) is 73.0 Å². The summed E-state index contributed by atoms with van der Waals surface area (Å²) >= 11 is 0. The van der Waals surface area contributed by atoms with Crippen molar-refractivity contribution in [2.75, 3.05) is 46.3 Å². The van der Waals surface area contributed by atoms with Gasteiger partial charge in [0.2, 0.25) is 5.91 Å². The number of likely N-dealkylation sites (tertiary alicyclic amines) is 1. The second kappa shape index (κ2) is 6.88. The monoisotopic (exact) mass is 307 g/mol. The molecular weight excluding hydrogens is 274 g/mol. The largest absolute Gasteiger partial charge is 0.341 e. The van der Waals surface area contributed by atoms with Crippen molar-refractivity contribution < 1.29 is 4.79 Å². The number of rotatable bonds is 2. The van der Waals surface area contributed by atoms with E-state index in [-0.39, 0.29) is 5.41 Å². The molecule has 0 aromatic heterocycles. The predicted octanol–water partition coefficient (Wildman–Crippen LogP) is 2.20. The number of nitrogens with zero attached hydrogens (tertiary/aromatic N) is 3. The number of amides is 1. The van der Waals surface area contributed by atoms with Gasteiger partial charge in [-0.05, 0) is 46.2 Å². The Kier molecular flexibility index (Phi) is 5.08. The lowest BCUT2D eigenvalue weighted by atomic mass is 9.88. The second-order valence-electron chi connectivity index (χ2n) is 8.02. The number of carbonyl (C=O) groups is 1. The van der Waals surface area contributed by atoms with Crippen LogP contribution >= 0.6 is 0 Å². The Labute approximate surface area is 135 Å². The zero-order valence-electron chi connectivity index (χ0n) is 14.5. The summed E-state index contributed by atoms with van der Waals surface area (Å²) in [5.41, 5.74) is -0.144. The van der Waals surface area contributed by atoms with Crippen LogP contribution in [0.15, 0.2) is 0 Å². The molecule has 4 heteroatoms. The topological polar surface area (TPSA) is 26.8 Å². The van der Waals surface area contributed by atoms with Crippen LogP contribution < -0.4 is 0 Å². The molecule has 3 fully saturated rings. The molecule has 0 aromatic carbocycles. The lowest BCUT2D eigenvalue weighted by Gasteiger charge is -2.34. The molecule has 2 heterocycles. The lowest BCUT2D eigenvalue weighted by molar-refractivity contribution is -0.140. The third-order valence-corrected chi connectivity index (χ3v) is 6.09. The summed E-state index contributed by atoms with van der Waals surface area (Å²) in [6, 6.07) is 0.789. The molecule has 0 N–H and O–H groups in total. The Morgan fingerprint density at radius 1 is 0.955 bits per heavy atom. The molecule has 1 amide bonds. The van der Waals surface area contributed by atoms with Crippen molar-refractivity contribution in [2.24, 2.45) is 5.41 Å². The molecular formula is C18H33N3O. The molecule has 0 spiro atoms. The quantitative estimate of drug-likeness (QED) is 0.782. The molecule has 22 heavy (non-hydrogen) atoms. The van der Waals surface area contributed by atoms with Gasteiger partial charge in [0.15, 0.2) is 0 Å². The van der Waals surface area contributed by atoms with E-state index in [1.165, 1.54) is 38.6 Å². The number of carbonyl (C=O) groups excluding carboxylic acids is 1. The van der Waals surface area contributed by atoms with Crippen LogP contribution in [0, 0.1) is 5.41 Å². The first-order chi connectivity index (χ1) is 10.6. The van der Waals surface area contributed by atoms with Gasteiger partial charge in [0, 0.05) is 38.8 Å². The maximum atomic E-state index is 13.0. The highest BCUT2D eigenvalue weighted by molar-refractivity contribution is 5.83. The van der Waals surface area contributed by atoms with Gasteiger partial charge in [-0.15, -0.1) is 0 Å². The van der Waals surface area contributed by atoms with Crippen LogP contribution in [0.1, 0.15) is 51.9 Å². The van der Waals surface area contributed by atoms with Crippen LogP contribution in [0.2, 0.25) is 0 Å². The lowest BCUT2D eigenvalue weighted by Crippen LogP contribution is -2.46. The highest BCUT2D eigenvalue weighted by atomic mass is 16.2. The Morgan fingerprint density at radius 2 is 1.73 bits per heavy atom. The first kappa shape index (κ1) is 16.3. The van der Waals surface area contributed by atoms with Crippen molar-refractivity contribution in [2.45, 2.75) is 57.9 Å². The van der Waals surface area contributed by atoms with E-state index in [0.29, 0.717) is 5.91 Å². The van der Waals surface area contributed by atoms with E-state index in [1.807, 2.05) is 0 Å². The van der Waals surface area contributed by atoms with E-state index in [2.05, 4.69) is 28.7 Å². The summed E-state index contributed by atoms with van der Waals surface area (Å²) in [5.74, 6) is 0.405. The van der Waals surface area contributed by atoms with Gasteiger partial charge >= 0.3 is 0 Å². The Bertz CT molecular complexity index is 394. The van der Waals surface area contributed by atoms with E-state index < -0.39 is 0 Å². The summed E-state index contributed by atoms with van der Waals surface area (Å²) in [6.07, 6.45) is 9.12. The minimum Gasteiger partial charge on any atom is -0.341 e. The molecule has 4 nitrogen and oxygen atoms in total. The first-order valence-electron chi connectivity index (χ1n) is 9.30. The van der Waals surface area contributed by atoms with E-state index in [9.17, 15) is 4.79 Å². The maximum absolute atomic E-state index is 13.0. The predicted molar refractivity (Wildman–Crippen MR) is 89.9 cm³/mol. The zero-order valence-corrected chi connectivity index (χ0v) is 14.5. The Morgan fingerprint density at radius 3 is 2.41 bits per heavy atom.